The Labute approximate surface area is 168 Å². The predicted molar refractivity (Wildman–Crippen MR) is 116 cm³/mol. The zero-order valence-electron chi connectivity index (χ0n) is 18.0. The van der Waals surface area contributed by atoms with Crippen molar-refractivity contribution in [3.05, 3.63) is 0 Å². The normalized spacial score (nSPS) is 11.6. The van der Waals surface area contributed by atoms with Crippen LogP contribution < -0.4 is 11.5 Å². The van der Waals surface area contributed by atoms with Crippen molar-refractivity contribution in [2.24, 2.45) is 11.5 Å². The quantitative estimate of drug-likeness (QED) is 0.193. The van der Waals surface area contributed by atoms with Gasteiger partial charge < -0.3 is 16.6 Å². The Kier molecular flexibility index (Phi) is 19.6. The Morgan fingerprint density at radius 2 is 1.11 bits per heavy atom. The molecule has 0 aliphatic carbocycles. The third kappa shape index (κ3) is 21.5. The highest BCUT2D eigenvalue weighted by Crippen LogP contribution is 2.13. The van der Waals surface area contributed by atoms with E-state index in [4.69, 9.17) is 16.6 Å². The second-order valence-corrected chi connectivity index (χ2v) is 8.10. The molecule has 0 unspecified atom stereocenters. The molecule has 0 saturated heterocycles. The van der Waals surface area contributed by atoms with Gasteiger partial charge >= 0.3 is 5.97 Å². The van der Waals surface area contributed by atoms with Crippen LogP contribution in [-0.4, -0.2) is 41.8 Å². The Balaban J connectivity index is 3.31. The van der Waals surface area contributed by atoms with Gasteiger partial charge in [0.25, 0.3) is 0 Å². The van der Waals surface area contributed by atoms with Crippen LogP contribution in [0.1, 0.15) is 110 Å². The van der Waals surface area contributed by atoms with Gasteiger partial charge in [-0.2, -0.15) is 0 Å². The first-order valence-electron chi connectivity index (χ1n) is 11.5. The van der Waals surface area contributed by atoms with Crippen LogP contribution in [0.5, 0.6) is 0 Å². The first-order valence-corrected chi connectivity index (χ1v) is 11.5. The topological polar surface area (TPSA) is 92.6 Å². The monoisotopic (exact) mass is 385 g/mol. The third-order valence-corrected chi connectivity index (χ3v) is 5.16. The van der Waals surface area contributed by atoms with E-state index in [1.54, 1.807) is 0 Å². The van der Waals surface area contributed by atoms with E-state index < -0.39 is 12.1 Å². The first kappa shape index (κ1) is 26.4. The highest BCUT2D eigenvalue weighted by molar-refractivity contribution is 5.69. The van der Waals surface area contributed by atoms with E-state index in [1.807, 2.05) is 4.90 Å². The molecule has 0 saturated carbocycles. The van der Waals surface area contributed by atoms with Gasteiger partial charge in [-0.15, -0.1) is 0 Å². The summed E-state index contributed by atoms with van der Waals surface area (Å²) in [7, 11) is 0. The molecular weight excluding hydrogens is 338 g/mol. The summed E-state index contributed by atoms with van der Waals surface area (Å²) in [5.74, 6) is -0.813. The number of nitrogens with zero attached hydrogens (tertiary/aromatic N) is 1. The van der Waals surface area contributed by atoms with Crippen molar-refractivity contribution >= 4 is 5.97 Å². The van der Waals surface area contributed by atoms with Crippen LogP contribution in [-0.2, 0) is 4.79 Å². The van der Waals surface area contributed by atoms with Crippen LogP contribution in [0.2, 0.25) is 0 Å². The van der Waals surface area contributed by atoms with E-state index in [2.05, 4.69) is 6.92 Å². The van der Waals surface area contributed by atoms with Gasteiger partial charge in [0.05, 0.1) is 12.7 Å². The standard InChI is InChI=1S/C22H47N3O2/c1-2-3-4-5-6-7-8-9-10-11-12-13-14-15-16-17-18-25(19-21(23)24)20-22(26)27/h21H,2-20,23-24H2,1H3,(H,26,27). The molecule has 162 valence electrons. The second-order valence-electron chi connectivity index (χ2n) is 8.10. The zero-order chi connectivity index (χ0) is 20.2. The number of unbranched alkanes of at least 4 members (excludes halogenated alkanes) is 15. The van der Waals surface area contributed by atoms with Crippen LogP contribution in [0.3, 0.4) is 0 Å². The van der Waals surface area contributed by atoms with Gasteiger partial charge in [-0.1, -0.05) is 103 Å². The van der Waals surface area contributed by atoms with Crippen LogP contribution in [0.4, 0.5) is 0 Å². The molecular formula is C22H47N3O2. The molecule has 0 heterocycles. The van der Waals surface area contributed by atoms with Gasteiger partial charge in [0.15, 0.2) is 0 Å². The summed E-state index contributed by atoms with van der Waals surface area (Å²) < 4.78 is 0. The number of rotatable bonds is 21. The Hall–Kier alpha value is -0.650. The molecule has 0 bridgehead atoms. The number of carboxylic acids is 1. The van der Waals surface area contributed by atoms with Crippen LogP contribution in [0.25, 0.3) is 0 Å². The maximum atomic E-state index is 10.8. The summed E-state index contributed by atoms with van der Waals surface area (Å²) in [6.07, 6.45) is 21.0. The summed E-state index contributed by atoms with van der Waals surface area (Å²) in [6, 6.07) is 0. The van der Waals surface area contributed by atoms with Crippen molar-refractivity contribution in [1.82, 2.24) is 4.90 Å². The number of hydrogen-bond donors (Lipinski definition) is 3. The molecule has 0 amide bonds. The molecule has 0 aromatic rings. The van der Waals surface area contributed by atoms with Gasteiger partial charge in [0.2, 0.25) is 0 Å². The lowest BCUT2D eigenvalue weighted by Crippen LogP contribution is -2.45. The number of carboxylic acid groups (broad SMARTS) is 1. The van der Waals surface area contributed by atoms with Crippen LogP contribution in [0, 0.1) is 0 Å². The fraction of sp³-hybridized carbons (Fsp3) is 0.955. The Morgan fingerprint density at radius 1 is 0.741 bits per heavy atom. The predicted octanol–water partition coefficient (Wildman–Crippen LogP) is 4.88. The van der Waals surface area contributed by atoms with E-state index in [-0.39, 0.29) is 6.54 Å². The number of hydrogen-bond acceptors (Lipinski definition) is 4. The van der Waals surface area contributed by atoms with E-state index >= 15 is 0 Å². The molecule has 0 aliphatic rings. The third-order valence-electron chi connectivity index (χ3n) is 5.16. The highest BCUT2D eigenvalue weighted by atomic mass is 16.4. The van der Waals surface area contributed by atoms with Crippen molar-refractivity contribution < 1.29 is 9.90 Å². The second kappa shape index (κ2) is 20.1. The number of carbonyl (C=O) groups is 1. The molecule has 5 N–H and O–H groups in total. The van der Waals surface area contributed by atoms with Gasteiger partial charge in [-0.25, -0.2) is 0 Å². The van der Waals surface area contributed by atoms with E-state index in [0.717, 1.165) is 19.4 Å². The maximum absolute atomic E-state index is 10.8. The van der Waals surface area contributed by atoms with Gasteiger partial charge in [-0.3, -0.25) is 9.69 Å². The average molecular weight is 386 g/mol. The van der Waals surface area contributed by atoms with E-state index in [1.165, 1.54) is 89.9 Å². The van der Waals surface area contributed by atoms with Crippen molar-refractivity contribution in [3.8, 4) is 0 Å². The minimum absolute atomic E-state index is 0.0314. The maximum Gasteiger partial charge on any atom is 0.317 e. The molecule has 0 fully saturated rings. The van der Waals surface area contributed by atoms with E-state index in [9.17, 15) is 4.79 Å². The summed E-state index contributed by atoms with van der Waals surface area (Å²) in [4.78, 5) is 12.7. The lowest BCUT2D eigenvalue weighted by atomic mass is 10.0. The number of nitrogens with two attached hydrogens (primary N) is 2. The van der Waals surface area contributed by atoms with Gasteiger partial charge in [0.1, 0.15) is 0 Å². The minimum Gasteiger partial charge on any atom is -0.480 e. The lowest BCUT2D eigenvalue weighted by Gasteiger charge is -2.21. The molecule has 0 aromatic carbocycles. The van der Waals surface area contributed by atoms with E-state index in [0.29, 0.717) is 6.54 Å². The molecule has 0 rings (SSSR count). The molecule has 0 radical (unpaired) electrons. The molecule has 27 heavy (non-hydrogen) atoms. The first-order chi connectivity index (χ1) is 13.1. The minimum atomic E-state index is -0.813. The van der Waals surface area contributed by atoms with Crippen LogP contribution >= 0.6 is 0 Å². The average Bonchev–Trinajstić information content (AvgIpc) is 2.60. The molecule has 0 spiro atoms. The summed E-state index contributed by atoms with van der Waals surface area (Å²) in [5, 5.41) is 8.91. The van der Waals surface area contributed by atoms with Crippen molar-refractivity contribution in [2.45, 2.75) is 116 Å². The number of aliphatic carboxylic acids is 1. The van der Waals surface area contributed by atoms with Crippen molar-refractivity contribution in [1.29, 1.82) is 0 Å². The van der Waals surface area contributed by atoms with Crippen molar-refractivity contribution in [2.75, 3.05) is 19.6 Å². The Bertz CT molecular complexity index is 325. The van der Waals surface area contributed by atoms with Crippen LogP contribution in [0.15, 0.2) is 0 Å². The van der Waals surface area contributed by atoms with Crippen molar-refractivity contribution in [3.63, 3.8) is 0 Å². The fourth-order valence-electron chi connectivity index (χ4n) is 3.61. The highest BCUT2D eigenvalue weighted by Gasteiger charge is 2.11. The van der Waals surface area contributed by atoms with Gasteiger partial charge in [-0.05, 0) is 13.0 Å². The largest absolute Gasteiger partial charge is 0.480 e. The molecule has 5 heteroatoms. The lowest BCUT2D eigenvalue weighted by molar-refractivity contribution is -0.138. The zero-order valence-corrected chi connectivity index (χ0v) is 18.0. The Morgan fingerprint density at radius 3 is 1.44 bits per heavy atom. The molecule has 0 aliphatic heterocycles. The summed E-state index contributed by atoms with van der Waals surface area (Å²) in [5.41, 5.74) is 11.1. The smallest absolute Gasteiger partial charge is 0.317 e. The fourth-order valence-corrected chi connectivity index (χ4v) is 3.61. The SMILES string of the molecule is CCCCCCCCCCCCCCCCCCN(CC(=O)O)CC(N)N. The molecule has 0 atom stereocenters. The summed E-state index contributed by atoms with van der Waals surface area (Å²) in [6.45, 7) is 3.53. The summed E-state index contributed by atoms with van der Waals surface area (Å²) >= 11 is 0. The molecule has 0 aromatic heterocycles. The van der Waals surface area contributed by atoms with Gasteiger partial charge in [0, 0.05) is 6.54 Å². The molecule has 5 nitrogen and oxygen atoms in total.